The summed E-state index contributed by atoms with van der Waals surface area (Å²) >= 11 is 0. The molecule has 0 heterocycles. The van der Waals surface area contributed by atoms with Crippen LogP contribution in [-0.2, 0) is 4.74 Å². The molecule has 0 fully saturated rings. The summed E-state index contributed by atoms with van der Waals surface area (Å²) in [6.45, 7) is 8.55. The van der Waals surface area contributed by atoms with Crippen molar-refractivity contribution in [2.45, 2.75) is 39.9 Å². The summed E-state index contributed by atoms with van der Waals surface area (Å²) in [4.78, 5) is 0. The van der Waals surface area contributed by atoms with Crippen molar-refractivity contribution in [3.05, 3.63) is 29.3 Å². The van der Waals surface area contributed by atoms with Gasteiger partial charge < -0.3 is 14.6 Å². The number of ether oxygens (including phenoxy) is 2. The zero-order valence-corrected chi connectivity index (χ0v) is 11.1. The fourth-order valence-corrected chi connectivity index (χ4v) is 1.35. The van der Waals surface area contributed by atoms with Gasteiger partial charge in [-0.1, -0.05) is 6.07 Å². The molecule has 0 aromatic heterocycles. The molecule has 1 atom stereocenters. The van der Waals surface area contributed by atoms with E-state index in [9.17, 15) is 5.11 Å². The minimum absolute atomic E-state index is 0.131. The number of aliphatic hydroxyl groups excluding tert-OH is 1. The number of aliphatic hydroxyl groups is 1. The van der Waals surface area contributed by atoms with Crippen molar-refractivity contribution in [2.24, 2.45) is 0 Å². The van der Waals surface area contributed by atoms with Crippen LogP contribution in [0.5, 0.6) is 5.75 Å². The third kappa shape index (κ3) is 5.20. The van der Waals surface area contributed by atoms with E-state index in [2.05, 4.69) is 6.92 Å². The Bertz CT molecular complexity index is 347. The van der Waals surface area contributed by atoms with E-state index >= 15 is 0 Å². The Morgan fingerprint density at radius 3 is 2.41 bits per heavy atom. The van der Waals surface area contributed by atoms with E-state index < -0.39 is 6.10 Å². The van der Waals surface area contributed by atoms with Crippen molar-refractivity contribution < 1.29 is 14.6 Å². The molecular weight excluding hydrogens is 216 g/mol. The number of aryl methyl sites for hydroxylation is 2. The lowest BCUT2D eigenvalue weighted by Gasteiger charge is -2.15. The second kappa shape index (κ2) is 6.62. The van der Waals surface area contributed by atoms with Crippen LogP contribution in [0.3, 0.4) is 0 Å². The van der Waals surface area contributed by atoms with Gasteiger partial charge in [0.05, 0.1) is 12.7 Å². The van der Waals surface area contributed by atoms with Crippen LogP contribution in [0.2, 0.25) is 0 Å². The monoisotopic (exact) mass is 238 g/mol. The van der Waals surface area contributed by atoms with Crippen molar-refractivity contribution in [1.82, 2.24) is 0 Å². The standard InChI is InChI=1S/C14H22O3/c1-10(2)16-8-13(15)9-17-14-6-5-11(3)12(4)7-14/h5-7,10,13,15H,8-9H2,1-4H3. The maximum absolute atomic E-state index is 9.63. The summed E-state index contributed by atoms with van der Waals surface area (Å²) in [5, 5.41) is 9.63. The Morgan fingerprint density at radius 1 is 1.12 bits per heavy atom. The second-order valence-electron chi connectivity index (χ2n) is 4.59. The SMILES string of the molecule is Cc1ccc(OCC(O)COC(C)C)cc1C. The highest BCUT2D eigenvalue weighted by atomic mass is 16.5. The molecule has 1 N–H and O–H groups in total. The molecular formula is C14H22O3. The van der Waals surface area contributed by atoms with Gasteiger partial charge in [-0.3, -0.25) is 0 Å². The van der Waals surface area contributed by atoms with Gasteiger partial charge in [0.2, 0.25) is 0 Å². The maximum atomic E-state index is 9.63. The van der Waals surface area contributed by atoms with Crippen LogP contribution < -0.4 is 4.74 Å². The first kappa shape index (κ1) is 14.0. The van der Waals surface area contributed by atoms with E-state index in [0.717, 1.165) is 5.75 Å². The highest BCUT2D eigenvalue weighted by molar-refractivity contribution is 5.33. The smallest absolute Gasteiger partial charge is 0.119 e. The van der Waals surface area contributed by atoms with Gasteiger partial charge in [-0.15, -0.1) is 0 Å². The van der Waals surface area contributed by atoms with E-state index in [1.807, 2.05) is 39.0 Å². The molecule has 1 aromatic rings. The number of hydrogen-bond donors (Lipinski definition) is 1. The second-order valence-corrected chi connectivity index (χ2v) is 4.59. The first-order valence-corrected chi connectivity index (χ1v) is 5.98. The van der Waals surface area contributed by atoms with Crippen LogP contribution in [0, 0.1) is 13.8 Å². The van der Waals surface area contributed by atoms with E-state index in [1.54, 1.807) is 0 Å². The largest absolute Gasteiger partial charge is 0.491 e. The highest BCUT2D eigenvalue weighted by Crippen LogP contribution is 2.16. The van der Waals surface area contributed by atoms with Gasteiger partial charge in [0.25, 0.3) is 0 Å². The van der Waals surface area contributed by atoms with E-state index in [-0.39, 0.29) is 12.7 Å². The molecule has 3 nitrogen and oxygen atoms in total. The molecule has 0 bridgehead atoms. The molecule has 3 heteroatoms. The number of hydrogen-bond acceptors (Lipinski definition) is 3. The number of benzene rings is 1. The quantitative estimate of drug-likeness (QED) is 0.827. The Kier molecular flexibility index (Phi) is 5.45. The van der Waals surface area contributed by atoms with Crippen molar-refractivity contribution in [2.75, 3.05) is 13.2 Å². The summed E-state index contributed by atoms with van der Waals surface area (Å²) in [5.41, 5.74) is 2.43. The molecule has 1 rings (SSSR count). The zero-order valence-electron chi connectivity index (χ0n) is 11.1. The molecule has 0 saturated heterocycles. The average molecular weight is 238 g/mol. The summed E-state index contributed by atoms with van der Waals surface area (Å²) in [7, 11) is 0. The molecule has 17 heavy (non-hydrogen) atoms. The Morgan fingerprint density at radius 2 is 1.82 bits per heavy atom. The van der Waals surface area contributed by atoms with Gasteiger partial charge in [-0.25, -0.2) is 0 Å². The molecule has 0 radical (unpaired) electrons. The maximum Gasteiger partial charge on any atom is 0.119 e. The molecule has 96 valence electrons. The van der Waals surface area contributed by atoms with Gasteiger partial charge >= 0.3 is 0 Å². The van der Waals surface area contributed by atoms with Crippen LogP contribution in [-0.4, -0.2) is 30.5 Å². The lowest BCUT2D eigenvalue weighted by molar-refractivity contribution is -0.0122. The molecule has 1 aromatic carbocycles. The predicted octanol–water partition coefficient (Wildman–Crippen LogP) is 2.47. The molecule has 0 aliphatic rings. The van der Waals surface area contributed by atoms with E-state index in [1.165, 1.54) is 11.1 Å². The molecule has 0 amide bonds. The van der Waals surface area contributed by atoms with Gasteiger partial charge in [0, 0.05) is 0 Å². The van der Waals surface area contributed by atoms with Crippen LogP contribution >= 0.6 is 0 Å². The molecule has 0 spiro atoms. The van der Waals surface area contributed by atoms with E-state index in [4.69, 9.17) is 9.47 Å². The minimum Gasteiger partial charge on any atom is -0.491 e. The molecule has 0 aliphatic heterocycles. The lowest BCUT2D eigenvalue weighted by atomic mass is 10.1. The normalized spacial score (nSPS) is 12.8. The predicted molar refractivity (Wildman–Crippen MR) is 68.5 cm³/mol. The third-order valence-corrected chi connectivity index (χ3v) is 2.54. The molecule has 0 aliphatic carbocycles. The van der Waals surface area contributed by atoms with Gasteiger partial charge in [0.1, 0.15) is 18.5 Å². The van der Waals surface area contributed by atoms with Crippen LogP contribution in [0.15, 0.2) is 18.2 Å². The fourth-order valence-electron chi connectivity index (χ4n) is 1.35. The van der Waals surface area contributed by atoms with Crippen LogP contribution in [0.4, 0.5) is 0 Å². The van der Waals surface area contributed by atoms with Crippen LogP contribution in [0.25, 0.3) is 0 Å². The highest BCUT2D eigenvalue weighted by Gasteiger charge is 2.07. The van der Waals surface area contributed by atoms with Crippen molar-refractivity contribution in [3.8, 4) is 5.75 Å². The minimum atomic E-state index is -0.584. The van der Waals surface area contributed by atoms with E-state index in [0.29, 0.717) is 6.61 Å². The topological polar surface area (TPSA) is 38.7 Å². The van der Waals surface area contributed by atoms with Gasteiger partial charge in [-0.05, 0) is 51.0 Å². The summed E-state index contributed by atoms with van der Waals surface area (Å²) < 4.78 is 10.8. The Labute approximate surface area is 103 Å². The molecule has 1 unspecified atom stereocenters. The van der Waals surface area contributed by atoms with Crippen molar-refractivity contribution >= 4 is 0 Å². The van der Waals surface area contributed by atoms with Crippen molar-refractivity contribution in [1.29, 1.82) is 0 Å². The average Bonchev–Trinajstić information content (AvgIpc) is 2.28. The fraction of sp³-hybridized carbons (Fsp3) is 0.571. The Balaban J connectivity index is 2.36. The summed E-state index contributed by atoms with van der Waals surface area (Å²) in [6.07, 6.45) is -0.453. The van der Waals surface area contributed by atoms with Crippen LogP contribution in [0.1, 0.15) is 25.0 Å². The van der Waals surface area contributed by atoms with Gasteiger partial charge in [0.15, 0.2) is 0 Å². The third-order valence-electron chi connectivity index (χ3n) is 2.54. The first-order chi connectivity index (χ1) is 7.99. The lowest BCUT2D eigenvalue weighted by Crippen LogP contribution is -2.25. The zero-order chi connectivity index (χ0) is 12.8. The first-order valence-electron chi connectivity index (χ1n) is 5.98. The Hall–Kier alpha value is -1.06. The van der Waals surface area contributed by atoms with Crippen molar-refractivity contribution in [3.63, 3.8) is 0 Å². The summed E-state index contributed by atoms with van der Waals surface area (Å²) in [6, 6.07) is 5.91. The number of rotatable bonds is 6. The molecule has 0 saturated carbocycles. The summed E-state index contributed by atoms with van der Waals surface area (Å²) in [5.74, 6) is 0.789. The van der Waals surface area contributed by atoms with Gasteiger partial charge in [-0.2, -0.15) is 0 Å².